The average molecular weight is 391 g/mol. The molecule has 6 heteroatoms. The van der Waals surface area contributed by atoms with Crippen LogP contribution in [0.25, 0.3) is 5.57 Å². The normalized spacial score (nSPS) is 13.0. The molecule has 0 aromatic heterocycles. The van der Waals surface area contributed by atoms with E-state index in [2.05, 4.69) is 15.9 Å². The van der Waals surface area contributed by atoms with Gasteiger partial charge in [-0.3, -0.25) is 0 Å². The molecule has 0 spiro atoms. The highest BCUT2D eigenvalue weighted by Gasteiger charge is 2.37. The fraction of sp³-hybridized carbons (Fsp3) is 0.125. The second-order valence-electron chi connectivity index (χ2n) is 4.35. The SMILES string of the molecule is Fc1ccc(/C(=C(/CBr)Sc2ccccc2)C(F)(F)F)cc1. The maximum absolute atomic E-state index is 13.5. The zero-order valence-electron chi connectivity index (χ0n) is 11.2. The van der Waals surface area contributed by atoms with E-state index in [1.54, 1.807) is 30.3 Å². The van der Waals surface area contributed by atoms with Gasteiger partial charge < -0.3 is 0 Å². The summed E-state index contributed by atoms with van der Waals surface area (Å²) < 4.78 is 53.3. The van der Waals surface area contributed by atoms with Gasteiger partial charge in [0.25, 0.3) is 0 Å². The van der Waals surface area contributed by atoms with Crippen LogP contribution in [0.5, 0.6) is 0 Å². The van der Waals surface area contributed by atoms with E-state index in [9.17, 15) is 17.6 Å². The Morgan fingerprint density at radius 1 is 0.955 bits per heavy atom. The molecule has 0 aliphatic heterocycles. The maximum Gasteiger partial charge on any atom is 0.417 e. The Morgan fingerprint density at radius 3 is 2.05 bits per heavy atom. The molecule has 0 N–H and O–H groups in total. The quantitative estimate of drug-likeness (QED) is 0.336. The molecule has 0 atom stereocenters. The van der Waals surface area contributed by atoms with Gasteiger partial charge in [0.05, 0.1) is 5.57 Å². The van der Waals surface area contributed by atoms with Gasteiger partial charge in [-0.05, 0) is 29.8 Å². The van der Waals surface area contributed by atoms with Crippen LogP contribution in [0.1, 0.15) is 5.56 Å². The van der Waals surface area contributed by atoms with E-state index >= 15 is 0 Å². The first kappa shape index (κ1) is 17.1. The summed E-state index contributed by atoms with van der Waals surface area (Å²) in [6, 6.07) is 13.2. The number of benzene rings is 2. The van der Waals surface area contributed by atoms with Crippen LogP contribution in [0, 0.1) is 5.82 Å². The summed E-state index contributed by atoms with van der Waals surface area (Å²) in [5.41, 5.74) is -0.801. The summed E-state index contributed by atoms with van der Waals surface area (Å²) in [6.45, 7) is 0. The molecule has 22 heavy (non-hydrogen) atoms. The zero-order valence-corrected chi connectivity index (χ0v) is 13.6. The summed E-state index contributed by atoms with van der Waals surface area (Å²) in [5, 5.41) is 0.0543. The molecular formula is C16H11BrF4S. The molecule has 2 aromatic rings. The zero-order chi connectivity index (χ0) is 16.2. The average Bonchev–Trinajstić information content (AvgIpc) is 2.48. The molecule has 0 aliphatic carbocycles. The molecule has 0 bridgehead atoms. The lowest BCUT2D eigenvalue weighted by Gasteiger charge is -2.17. The number of hydrogen-bond acceptors (Lipinski definition) is 1. The number of allylic oxidation sites excluding steroid dienone is 2. The number of thioether (sulfide) groups is 1. The van der Waals surface area contributed by atoms with E-state index in [-0.39, 0.29) is 15.8 Å². The van der Waals surface area contributed by atoms with Gasteiger partial charge in [-0.15, -0.1) is 0 Å². The highest BCUT2D eigenvalue weighted by Crippen LogP contribution is 2.42. The lowest BCUT2D eigenvalue weighted by Crippen LogP contribution is -2.13. The molecule has 0 fully saturated rings. The second-order valence-corrected chi connectivity index (χ2v) is 6.08. The fourth-order valence-corrected chi connectivity index (χ4v) is 3.47. The molecule has 0 unspecified atom stereocenters. The van der Waals surface area contributed by atoms with Crippen LogP contribution in [0.3, 0.4) is 0 Å². The Balaban J connectivity index is 2.51. The topological polar surface area (TPSA) is 0 Å². The van der Waals surface area contributed by atoms with Gasteiger partial charge in [0.1, 0.15) is 5.82 Å². The van der Waals surface area contributed by atoms with Crippen molar-refractivity contribution in [2.24, 2.45) is 0 Å². The minimum atomic E-state index is -4.53. The molecule has 0 saturated carbocycles. The van der Waals surface area contributed by atoms with Crippen LogP contribution in [0.2, 0.25) is 0 Å². The van der Waals surface area contributed by atoms with Crippen LogP contribution in [-0.2, 0) is 0 Å². The van der Waals surface area contributed by atoms with E-state index in [1.807, 2.05) is 0 Å². The van der Waals surface area contributed by atoms with E-state index in [1.165, 1.54) is 0 Å². The van der Waals surface area contributed by atoms with Crippen LogP contribution in [0.4, 0.5) is 17.6 Å². The van der Waals surface area contributed by atoms with Crippen molar-refractivity contribution in [1.29, 1.82) is 0 Å². The lowest BCUT2D eigenvalue weighted by molar-refractivity contribution is -0.0691. The van der Waals surface area contributed by atoms with Crippen molar-refractivity contribution in [3.05, 3.63) is 70.9 Å². The Bertz CT molecular complexity index is 648. The van der Waals surface area contributed by atoms with E-state index in [0.29, 0.717) is 4.90 Å². The smallest absolute Gasteiger partial charge is 0.207 e. The van der Waals surface area contributed by atoms with Crippen LogP contribution in [-0.4, -0.2) is 11.5 Å². The van der Waals surface area contributed by atoms with Gasteiger partial charge in [-0.1, -0.05) is 58.0 Å². The third kappa shape index (κ3) is 4.36. The van der Waals surface area contributed by atoms with Gasteiger partial charge in [0.2, 0.25) is 0 Å². The first-order valence-electron chi connectivity index (χ1n) is 6.27. The van der Waals surface area contributed by atoms with E-state index in [0.717, 1.165) is 36.0 Å². The second kappa shape index (κ2) is 7.33. The molecule has 116 valence electrons. The predicted octanol–water partition coefficient (Wildman–Crippen LogP) is 6.29. The Kier molecular flexibility index (Phi) is 5.69. The molecular weight excluding hydrogens is 380 g/mol. The molecule has 0 heterocycles. The van der Waals surface area contributed by atoms with Crippen molar-refractivity contribution in [2.75, 3.05) is 5.33 Å². The Morgan fingerprint density at radius 2 is 1.55 bits per heavy atom. The van der Waals surface area contributed by atoms with Crippen LogP contribution >= 0.6 is 27.7 Å². The van der Waals surface area contributed by atoms with E-state index < -0.39 is 17.6 Å². The molecule has 0 nitrogen and oxygen atoms in total. The van der Waals surface area contributed by atoms with Gasteiger partial charge >= 0.3 is 6.18 Å². The predicted molar refractivity (Wildman–Crippen MR) is 85.5 cm³/mol. The third-order valence-corrected chi connectivity index (χ3v) is 4.84. The van der Waals surface area contributed by atoms with Crippen molar-refractivity contribution in [2.45, 2.75) is 11.1 Å². The van der Waals surface area contributed by atoms with Gasteiger partial charge in [-0.2, -0.15) is 13.2 Å². The lowest BCUT2D eigenvalue weighted by atomic mass is 10.1. The minimum absolute atomic E-state index is 0.0493. The van der Waals surface area contributed by atoms with E-state index in [4.69, 9.17) is 0 Å². The van der Waals surface area contributed by atoms with Gasteiger partial charge in [-0.25, -0.2) is 4.39 Å². The third-order valence-electron chi connectivity index (χ3n) is 2.80. The van der Waals surface area contributed by atoms with Crippen molar-refractivity contribution in [1.82, 2.24) is 0 Å². The Labute approximate surface area is 138 Å². The first-order valence-corrected chi connectivity index (χ1v) is 8.21. The van der Waals surface area contributed by atoms with Crippen molar-refractivity contribution < 1.29 is 17.6 Å². The highest BCUT2D eigenvalue weighted by molar-refractivity contribution is 9.09. The molecule has 0 radical (unpaired) electrons. The minimum Gasteiger partial charge on any atom is -0.207 e. The number of rotatable bonds is 4. The van der Waals surface area contributed by atoms with Crippen molar-refractivity contribution >= 4 is 33.3 Å². The number of halogens is 5. The summed E-state index contributed by atoms with van der Waals surface area (Å²) >= 11 is 4.17. The number of alkyl halides is 4. The standard InChI is InChI=1S/C16H11BrF4S/c17-10-14(22-13-4-2-1-3-5-13)15(16(19,20)21)11-6-8-12(18)9-7-11/h1-9H,10H2/b15-14+. The van der Waals surface area contributed by atoms with Crippen LogP contribution in [0.15, 0.2) is 64.4 Å². The molecule has 2 aromatic carbocycles. The molecule has 0 aliphatic rings. The maximum atomic E-state index is 13.5. The Hall–Kier alpha value is -1.27. The molecule has 2 rings (SSSR count). The number of hydrogen-bond donors (Lipinski definition) is 0. The van der Waals surface area contributed by atoms with Crippen LogP contribution < -0.4 is 0 Å². The summed E-state index contributed by atoms with van der Waals surface area (Å²) in [6.07, 6.45) is -4.53. The summed E-state index contributed by atoms with van der Waals surface area (Å²) in [7, 11) is 0. The van der Waals surface area contributed by atoms with Gasteiger partial charge in [0.15, 0.2) is 0 Å². The summed E-state index contributed by atoms with van der Waals surface area (Å²) in [4.78, 5) is 0.839. The first-order chi connectivity index (χ1) is 10.4. The monoisotopic (exact) mass is 390 g/mol. The highest BCUT2D eigenvalue weighted by atomic mass is 79.9. The summed E-state index contributed by atoms with van der Waals surface area (Å²) in [5.74, 6) is -0.568. The van der Waals surface area contributed by atoms with Crippen molar-refractivity contribution in [3.63, 3.8) is 0 Å². The largest absolute Gasteiger partial charge is 0.417 e. The van der Waals surface area contributed by atoms with Crippen molar-refractivity contribution in [3.8, 4) is 0 Å². The molecule has 0 amide bonds. The fourth-order valence-electron chi connectivity index (χ4n) is 1.88. The van der Waals surface area contributed by atoms with Gasteiger partial charge in [0, 0.05) is 15.1 Å². The molecule has 0 saturated heterocycles.